The molecule has 0 saturated heterocycles. The number of hydrogen-bond acceptors (Lipinski definition) is 5. The number of aromatic amines is 1. The predicted molar refractivity (Wildman–Crippen MR) is 84.9 cm³/mol. The lowest BCUT2D eigenvalue weighted by Crippen LogP contribution is -2.09. The number of methoxy groups -OCH3 is 1. The zero-order chi connectivity index (χ0) is 17.0. The van der Waals surface area contributed by atoms with Crippen LogP contribution in [-0.4, -0.2) is 29.9 Å². The van der Waals surface area contributed by atoms with Crippen molar-refractivity contribution >= 4 is 11.7 Å². The molecule has 1 aromatic carbocycles. The highest BCUT2D eigenvalue weighted by Gasteiger charge is 2.26. The van der Waals surface area contributed by atoms with Gasteiger partial charge in [0.05, 0.1) is 30.7 Å². The van der Waals surface area contributed by atoms with E-state index in [0.29, 0.717) is 17.9 Å². The van der Waals surface area contributed by atoms with E-state index in [4.69, 9.17) is 15.2 Å². The standard InChI is InChI=1S/C16H20FN3O3/c1-4-6-10-12(16(21)23-5-2)15(20-19-10)13-11(22-3)8-7-9(17)14(13)18/h7-8H,4-6,18H2,1-3H3,(H,19,20). The van der Waals surface area contributed by atoms with Crippen molar-refractivity contribution in [1.29, 1.82) is 0 Å². The SMILES string of the molecule is CCCc1[nH]nc(-c2c(OC)ccc(F)c2N)c1C(=O)OCC. The summed E-state index contributed by atoms with van der Waals surface area (Å²) in [5, 5.41) is 6.99. The van der Waals surface area contributed by atoms with Crippen LogP contribution >= 0.6 is 0 Å². The number of esters is 1. The molecule has 0 atom stereocenters. The summed E-state index contributed by atoms with van der Waals surface area (Å²) in [5.41, 5.74) is 7.12. The molecule has 2 aromatic rings. The molecule has 2 rings (SSSR count). The Labute approximate surface area is 133 Å². The summed E-state index contributed by atoms with van der Waals surface area (Å²) < 4.78 is 24.2. The lowest BCUT2D eigenvalue weighted by atomic mass is 10.0. The molecule has 0 fully saturated rings. The summed E-state index contributed by atoms with van der Waals surface area (Å²) in [4.78, 5) is 12.3. The van der Waals surface area contributed by atoms with Crippen molar-refractivity contribution in [3.05, 3.63) is 29.2 Å². The number of carbonyl (C=O) groups is 1. The molecule has 0 aliphatic carbocycles. The van der Waals surface area contributed by atoms with Gasteiger partial charge in [-0.2, -0.15) is 5.10 Å². The fourth-order valence-electron chi connectivity index (χ4n) is 2.40. The predicted octanol–water partition coefficient (Wildman–Crippen LogP) is 2.94. The Morgan fingerprint density at radius 3 is 2.74 bits per heavy atom. The van der Waals surface area contributed by atoms with Crippen LogP contribution in [0.3, 0.4) is 0 Å². The summed E-state index contributed by atoms with van der Waals surface area (Å²) in [5.74, 6) is -0.787. The van der Waals surface area contributed by atoms with Gasteiger partial charge in [-0.25, -0.2) is 9.18 Å². The largest absolute Gasteiger partial charge is 0.496 e. The average Bonchev–Trinajstić information content (AvgIpc) is 2.94. The molecule has 0 spiro atoms. The third kappa shape index (κ3) is 3.13. The van der Waals surface area contributed by atoms with Crippen LogP contribution in [0.4, 0.5) is 10.1 Å². The Kier molecular flexibility index (Phi) is 5.20. The summed E-state index contributed by atoms with van der Waals surface area (Å²) in [7, 11) is 1.44. The second kappa shape index (κ2) is 7.13. The Morgan fingerprint density at radius 2 is 2.13 bits per heavy atom. The Hall–Kier alpha value is -2.57. The fraction of sp³-hybridized carbons (Fsp3) is 0.375. The first-order chi connectivity index (χ1) is 11.0. The number of aryl methyl sites for hydroxylation is 1. The molecular formula is C16H20FN3O3. The van der Waals surface area contributed by atoms with Crippen molar-refractivity contribution in [2.24, 2.45) is 0 Å². The number of nitrogen functional groups attached to an aromatic ring is 1. The average molecular weight is 321 g/mol. The monoisotopic (exact) mass is 321 g/mol. The van der Waals surface area contributed by atoms with Gasteiger partial charge in [0, 0.05) is 0 Å². The molecule has 1 heterocycles. The molecule has 0 unspecified atom stereocenters. The van der Waals surface area contributed by atoms with Gasteiger partial charge in [0.15, 0.2) is 0 Å². The number of hydrogen-bond donors (Lipinski definition) is 2. The maximum absolute atomic E-state index is 13.9. The topological polar surface area (TPSA) is 90.2 Å². The number of anilines is 1. The first-order valence-corrected chi connectivity index (χ1v) is 7.41. The van der Waals surface area contributed by atoms with Crippen LogP contribution < -0.4 is 10.5 Å². The van der Waals surface area contributed by atoms with Gasteiger partial charge in [-0.1, -0.05) is 13.3 Å². The van der Waals surface area contributed by atoms with E-state index >= 15 is 0 Å². The van der Waals surface area contributed by atoms with Gasteiger partial charge < -0.3 is 15.2 Å². The van der Waals surface area contributed by atoms with Gasteiger partial charge in [-0.05, 0) is 25.5 Å². The Morgan fingerprint density at radius 1 is 1.39 bits per heavy atom. The number of carbonyl (C=O) groups excluding carboxylic acids is 1. The Bertz CT molecular complexity index is 713. The third-order valence-corrected chi connectivity index (χ3v) is 3.43. The first-order valence-electron chi connectivity index (χ1n) is 7.41. The second-order valence-corrected chi connectivity index (χ2v) is 4.93. The van der Waals surface area contributed by atoms with E-state index < -0.39 is 11.8 Å². The number of halogens is 1. The summed E-state index contributed by atoms with van der Waals surface area (Å²) >= 11 is 0. The number of H-pyrrole nitrogens is 1. The highest BCUT2D eigenvalue weighted by molar-refractivity contribution is 6.00. The minimum absolute atomic E-state index is 0.121. The molecule has 7 heteroatoms. The van der Waals surface area contributed by atoms with Crippen LogP contribution in [-0.2, 0) is 11.2 Å². The molecular weight excluding hydrogens is 301 g/mol. The molecule has 1 aromatic heterocycles. The molecule has 0 aliphatic heterocycles. The molecule has 0 radical (unpaired) electrons. The number of nitrogens with one attached hydrogen (secondary N) is 1. The van der Waals surface area contributed by atoms with Crippen LogP contribution in [0.2, 0.25) is 0 Å². The van der Waals surface area contributed by atoms with E-state index in [0.717, 1.165) is 6.42 Å². The van der Waals surface area contributed by atoms with Crippen molar-refractivity contribution in [3.63, 3.8) is 0 Å². The van der Waals surface area contributed by atoms with Crippen molar-refractivity contribution in [3.8, 4) is 17.0 Å². The van der Waals surface area contributed by atoms with Gasteiger partial charge in [0.1, 0.15) is 22.8 Å². The highest BCUT2D eigenvalue weighted by atomic mass is 19.1. The first kappa shape index (κ1) is 16.8. The molecule has 0 saturated carbocycles. The van der Waals surface area contributed by atoms with Crippen molar-refractivity contribution in [2.75, 3.05) is 19.5 Å². The van der Waals surface area contributed by atoms with Crippen LogP contribution in [0.1, 0.15) is 36.3 Å². The van der Waals surface area contributed by atoms with E-state index in [1.165, 1.54) is 19.2 Å². The summed E-state index contributed by atoms with van der Waals surface area (Å²) in [6, 6.07) is 2.66. The van der Waals surface area contributed by atoms with E-state index in [1.807, 2.05) is 6.92 Å². The minimum Gasteiger partial charge on any atom is -0.496 e. The van der Waals surface area contributed by atoms with Crippen molar-refractivity contribution in [1.82, 2.24) is 10.2 Å². The van der Waals surface area contributed by atoms with Crippen LogP contribution in [0.5, 0.6) is 5.75 Å². The molecule has 23 heavy (non-hydrogen) atoms. The van der Waals surface area contributed by atoms with Gasteiger partial charge in [0.2, 0.25) is 0 Å². The third-order valence-electron chi connectivity index (χ3n) is 3.43. The van der Waals surface area contributed by atoms with Crippen molar-refractivity contribution in [2.45, 2.75) is 26.7 Å². The maximum Gasteiger partial charge on any atom is 0.342 e. The highest BCUT2D eigenvalue weighted by Crippen LogP contribution is 2.38. The van der Waals surface area contributed by atoms with E-state index in [2.05, 4.69) is 10.2 Å². The summed E-state index contributed by atoms with van der Waals surface area (Å²) in [6.07, 6.45) is 1.42. The Balaban J connectivity index is 2.69. The quantitative estimate of drug-likeness (QED) is 0.630. The van der Waals surface area contributed by atoms with Gasteiger partial charge in [0.25, 0.3) is 0 Å². The van der Waals surface area contributed by atoms with Gasteiger partial charge in [-0.15, -0.1) is 0 Å². The lowest BCUT2D eigenvalue weighted by Gasteiger charge is -2.12. The molecule has 0 bridgehead atoms. The number of benzene rings is 1. The normalized spacial score (nSPS) is 10.6. The molecule has 0 amide bonds. The smallest absolute Gasteiger partial charge is 0.342 e. The zero-order valence-corrected chi connectivity index (χ0v) is 13.4. The van der Waals surface area contributed by atoms with Crippen LogP contribution in [0, 0.1) is 5.82 Å². The second-order valence-electron chi connectivity index (χ2n) is 4.93. The van der Waals surface area contributed by atoms with Gasteiger partial charge >= 0.3 is 5.97 Å². The zero-order valence-electron chi connectivity index (χ0n) is 13.4. The van der Waals surface area contributed by atoms with Crippen LogP contribution in [0.25, 0.3) is 11.3 Å². The number of nitrogens with two attached hydrogens (primary N) is 1. The van der Waals surface area contributed by atoms with Gasteiger partial charge in [-0.3, -0.25) is 5.10 Å². The van der Waals surface area contributed by atoms with E-state index in [-0.39, 0.29) is 29.1 Å². The molecule has 3 N–H and O–H groups in total. The van der Waals surface area contributed by atoms with Crippen molar-refractivity contribution < 1.29 is 18.7 Å². The van der Waals surface area contributed by atoms with E-state index in [1.54, 1.807) is 6.92 Å². The summed E-state index contributed by atoms with van der Waals surface area (Å²) in [6.45, 7) is 3.92. The lowest BCUT2D eigenvalue weighted by molar-refractivity contribution is 0.0526. The number of ether oxygens (including phenoxy) is 2. The molecule has 6 nitrogen and oxygen atoms in total. The minimum atomic E-state index is -0.601. The van der Waals surface area contributed by atoms with E-state index in [9.17, 15) is 9.18 Å². The number of nitrogens with zero attached hydrogens (tertiary/aromatic N) is 1. The molecule has 124 valence electrons. The number of rotatable bonds is 6. The fourth-order valence-corrected chi connectivity index (χ4v) is 2.40. The molecule has 0 aliphatic rings. The van der Waals surface area contributed by atoms with Crippen LogP contribution in [0.15, 0.2) is 12.1 Å². The number of aromatic nitrogens is 2. The maximum atomic E-state index is 13.9.